The minimum Gasteiger partial charge on any atom is -0.504 e. The van der Waals surface area contributed by atoms with Crippen LogP contribution in [0.2, 0.25) is 0 Å². The van der Waals surface area contributed by atoms with Gasteiger partial charge in [-0.2, -0.15) is 0 Å². The number of anilines is 1. The quantitative estimate of drug-likeness (QED) is 0.387. The number of nitrogens with two attached hydrogens (primary N) is 2. The van der Waals surface area contributed by atoms with Crippen LogP contribution in [0.15, 0.2) is 12.1 Å². The number of nitrogens with zero attached hydrogens (tertiary/aromatic N) is 2. The number of carbonyl (C=O) groups is 2. The third-order valence-corrected chi connectivity index (χ3v) is 4.39. The number of carbonyl (C=O) groups excluding carboxylic acids is 2. The molecule has 2 saturated heterocycles. The van der Waals surface area contributed by atoms with Gasteiger partial charge in [-0.05, 0) is 6.42 Å². The number of rotatable bonds is 3. The summed E-state index contributed by atoms with van der Waals surface area (Å²) in [6.45, 7) is 4.36. The Bertz CT molecular complexity index is 664. The molecule has 25 heavy (non-hydrogen) atoms. The van der Waals surface area contributed by atoms with Gasteiger partial charge in [0.15, 0.2) is 17.3 Å². The molecule has 2 atom stereocenters. The maximum Gasteiger partial charge on any atom is 0.332 e. The lowest BCUT2D eigenvalue weighted by Crippen LogP contribution is -2.37. The van der Waals surface area contributed by atoms with Gasteiger partial charge in [0.25, 0.3) is 5.91 Å². The molecule has 0 unspecified atom stereocenters. The molecule has 3 rings (SSSR count). The van der Waals surface area contributed by atoms with Gasteiger partial charge in [0.2, 0.25) is 6.35 Å². The summed E-state index contributed by atoms with van der Waals surface area (Å²) in [4.78, 5) is 27.0. The summed E-state index contributed by atoms with van der Waals surface area (Å²) < 4.78 is 19.1. The summed E-state index contributed by atoms with van der Waals surface area (Å²) in [6.07, 6.45) is -0.792. The van der Waals surface area contributed by atoms with Gasteiger partial charge in [-0.1, -0.05) is 29.8 Å². The number of urea groups is 1. The van der Waals surface area contributed by atoms with E-state index in [4.69, 9.17) is 16.2 Å². The molecule has 0 bridgehead atoms. The van der Waals surface area contributed by atoms with Gasteiger partial charge >= 0.3 is 6.03 Å². The first-order valence-electron chi connectivity index (χ1n) is 7.78. The van der Waals surface area contributed by atoms with Crippen molar-refractivity contribution in [3.63, 3.8) is 0 Å². The summed E-state index contributed by atoms with van der Waals surface area (Å²) in [7, 11) is 0. The Morgan fingerprint density at radius 3 is 2.56 bits per heavy atom. The second-order valence-electron chi connectivity index (χ2n) is 5.31. The molecule has 0 spiro atoms. The molecule has 5 N–H and O–H groups in total. The maximum atomic E-state index is 14.2. The second-order valence-corrected chi connectivity index (χ2v) is 6.61. The number of phenols is 1. The highest BCUT2D eigenvalue weighted by molar-refractivity contribution is 9.09. The predicted molar refractivity (Wildman–Crippen MR) is 92.9 cm³/mol. The Balaban J connectivity index is 0.00000109. The van der Waals surface area contributed by atoms with Crippen LogP contribution in [0.5, 0.6) is 11.5 Å². The van der Waals surface area contributed by atoms with Crippen LogP contribution in [0, 0.1) is 5.82 Å². The van der Waals surface area contributed by atoms with Gasteiger partial charge in [0.05, 0.1) is 5.69 Å². The van der Waals surface area contributed by atoms with E-state index in [2.05, 4.69) is 15.9 Å². The summed E-state index contributed by atoms with van der Waals surface area (Å²) in [5, 5.41) is 9.65. The van der Waals surface area contributed by atoms with Crippen LogP contribution in [-0.2, 0) is 4.79 Å². The number of imide groups is 1. The van der Waals surface area contributed by atoms with E-state index in [1.165, 1.54) is 4.90 Å². The number of phenolic OH excluding ortho intramolecular Hbond substituents is 1. The molecule has 2 fully saturated rings. The van der Waals surface area contributed by atoms with Crippen LogP contribution in [0.1, 0.15) is 20.3 Å². The highest BCUT2D eigenvalue weighted by atomic mass is 79.9. The fourth-order valence-electron chi connectivity index (χ4n) is 2.77. The molecular weight excluding hydrogens is 399 g/mol. The molecular formula is C15H20BrFN4O4. The fourth-order valence-corrected chi connectivity index (χ4v) is 3.43. The van der Waals surface area contributed by atoms with Gasteiger partial charge in [0.1, 0.15) is 6.04 Å². The third kappa shape index (κ3) is 3.55. The lowest BCUT2D eigenvalue weighted by molar-refractivity contribution is -0.119. The Morgan fingerprint density at radius 1 is 1.36 bits per heavy atom. The Kier molecular flexibility index (Phi) is 5.86. The van der Waals surface area contributed by atoms with Crippen molar-refractivity contribution in [2.75, 3.05) is 11.4 Å². The van der Waals surface area contributed by atoms with Crippen molar-refractivity contribution < 1.29 is 23.8 Å². The van der Waals surface area contributed by atoms with Crippen LogP contribution >= 0.6 is 15.9 Å². The number of halogens is 2. The molecule has 2 heterocycles. The molecule has 0 aliphatic carbocycles. The first kappa shape index (κ1) is 19.4. The number of hydrogen-bond acceptors (Lipinski definition) is 6. The summed E-state index contributed by atoms with van der Waals surface area (Å²) in [5.74, 6) is -2.21. The minimum absolute atomic E-state index is 0.0290. The highest BCUT2D eigenvalue weighted by Crippen LogP contribution is 2.39. The third-order valence-electron chi connectivity index (χ3n) is 3.72. The molecule has 0 radical (unpaired) electrons. The number of hydrogen-bond donors (Lipinski definition) is 3. The van der Waals surface area contributed by atoms with E-state index < -0.39 is 35.9 Å². The van der Waals surface area contributed by atoms with E-state index in [-0.39, 0.29) is 16.3 Å². The van der Waals surface area contributed by atoms with Gasteiger partial charge < -0.3 is 14.7 Å². The molecule has 0 saturated carbocycles. The maximum absolute atomic E-state index is 14.2. The average molecular weight is 419 g/mol. The largest absolute Gasteiger partial charge is 0.504 e. The van der Waals surface area contributed by atoms with Crippen LogP contribution in [0.25, 0.3) is 0 Å². The highest BCUT2D eigenvalue weighted by Gasteiger charge is 2.51. The lowest BCUT2D eigenvalue weighted by Gasteiger charge is -2.19. The summed E-state index contributed by atoms with van der Waals surface area (Å²) >= 11 is 3.37. The topological polar surface area (TPSA) is 122 Å². The second kappa shape index (κ2) is 7.54. The smallest absolute Gasteiger partial charge is 0.332 e. The molecule has 3 amide bonds. The van der Waals surface area contributed by atoms with Crippen LogP contribution in [-0.4, -0.2) is 45.7 Å². The van der Waals surface area contributed by atoms with Crippen LogP contribution in [0.4, 0.5) is 14.9 Å². The predicted octanol–water partition coefficient (Wildman–Crippen LogP) is 1.44. The number of aromatic hydroxyl groups is 1. The van der Waals surface area contributed by atoms with Gasteiger partial charge in [0, 0.05) is 23.5 Å². The summed E-state index contributed by atoms with van der Waals surface area (Å²) in [5.41, 5.74) is 10.2. The lowest BCUT2D eigenvalue weighted by atomic mass is 10.2. The van der Waals surface area contributed by atoms with Crippen LogP contribution in [0.3, 0.4) is 0 Å². The Morgan fingerprint density at radius 2 is 2.00 bits per heavy atom. The number of ether oxygens (including phenoxy) is 1. The zero-order valence-corrected chi connectivity index (χ0v) is 15.4. The van der Waals surface area contributed by atoms with E-state index in [0.29, 0.717) is 13.0 Å². The van der Waals surface area contributed by atoms with Crippen molar-refractivity contribution in [2.24, 2.45) is 11.5 Å². The van der Waals surface area contributed by atoms with Gasteiger partial charge in [-0.15, -0.1) is 0 Å². The number of benzene rings is 1. The van der Waals surface area contributed by atoms with E-state index in [9.17, 15) is 19.1 Å². The van der Waals surface area contributed by atoms with Crippen molar-refractivity contribution in [3.05, 3.63) is 17.9 Å². The van der Waals surface area contributed by atoms with Crippen molar-refractivity contribution in [3.8, 4) is 11.5 Å². The summed E-state index contributed by atoms with van der Waals surface area (Å²) in [6, 6.07) is 0.529. The van der Waals surface area contributed by atoms with Crippen molar-refractivity contribution in [2.45, 2.75) is 37.5 Å². The van der Waals surface area contributed by atoms with E-state index >= 15 is 0 Å². The molecule has 10 heteroatoms. The van der Waals surface area contributed by atoms with E-state index in [0.717, 1.165) is 17.0 Å². The number of alkyl halides is 1. The zero-order valence-electron chi connectivity index (χ0n) is 13.8. The first-order chi connectivity index (χ1) is 11.8. The Hall–Kier alpha value is -1.91. The minimum atomic E-state index is -1.25. The fraction of sp³-hybridized carbons (Fsp3) is 0.467. The SMILES string of the molecule is CC.NC(N)Oc1cc(N2C(=O)[C@H]3C[C@H](Br)CN3C2=O)c(F)cc1O. The van der Waals surface area contributed by atoms with Crippen molar-refractivity contribution >= 4 is 33.6 Å². The first-order valence-corrected chi connectivity index (χ1v) is 8.70. The molecule has 2 aliphatic heterocycles. The van der Waals surface area contributed by atoms with E-state index in [1.54, 1.807) is 0 Å². The molecule has 138 valence electrons. The monoisotopic (exact) mass is 418 g/mol. The normalized spacial score (nSPS) is 22.2. The molecule has 0 aromatic heterocycles. The van der Waals surface area contributed by atoms with E-state index in [1.807, 2.05) is 13.8 Å². The Labute approximate surface area is 152 Å². The molecule has 2 aliphatic rings. The van der Waals surface area contributed by atoms with Crippen LogP contribution < -0.4 is 21.1 Å². The van der Waals surface area contributed by atoms with Gasteiger partial charge in [-0.25, -0.2) is 14.1 Å². The molecule has 1 aromatic rings. The average Bonchev–Trinajstić information content (AvgIpc) is 3.03. The standard InChI is InChI=1S/C13H14BrFN4O4.C2H6/c14-5-1-8-11(21)19(13(22)18(8)4-5)7-3-10(23-12(16)17)9(20)2-6(7)15;1-2/h2-3,5,8,12,20H,1,4,16-17H2;1-2H3/t5-,8+;/m0./s1. The van der Waals surface area contributed by atoms with Crippen molar-refractivity contribution in [1.82, 2.24) is 4.90 Å². The zero-order chi connectivity index (χ0) is 18.9. The van der Waals surface area contributed by atoms with Crippen molar-refractivity contribution in [1.29, 1.82) is 0 Å². The number of fused-ring (bicyclic) bond motifs is 1. The molecule has 8 nitrogen and oxygen atoms in total. The molecule has 1 aromatic carbocycles. The van der Waals surface area contributed by atoms with Gasteiger partial charge in [-0.3, -0.25) is 16.3 Å². The number of amides is 3.